The highest BCUT2D eigenvalue weighted by molar-refractivity contribution is 6.32. The van der Waals surface area contributed by atoms with E-state index in [0.717, 1.165) is 44.5 Å². The SMILES string of the molecule is CN(C)C(=O)c1ccc(N2CCC(C[C@H]3C[C@H]3C=O)CC2)nc1Cl. The van der Waals surface area contributed by atoms with Crippen molar-refractivity contribution >= 4 is 29.6 Å². The molecule has 2 atom stereocenters. The normalized spacial score (nSPS) is 23.9. The minimum atomic E-state index is -0.132. The highest BCUT2D eigenvalue weighted by Gasteiger charge is 2.38. The van der Waals surface area contributed by atoms with Crippen LogP contribution in [0.4, 0.5) is 5.82 Å². The van der Waals surface area contributed by atoms with Gasteiger partial charge in [-0.1, -0.05) is 11.6 Å². The van der Waals surface area contributed by atoms with Gasteiger partial charge in [-0.05, 0) is 49.7 Å². The first-order chi connectivity index (χ1) is 11.5. The van der Waals surface area contributed by atoms with Crippen LogP contribution in [0, 0.1) is 17.8 Å². The molecule has 0 aromatic carbocycles. The fourth-order valence-electron chi connectivity index (χ4n) is 3.54. The number of aromatic nitrogens is 1. The lowest BCUT2D eigenvalue weighted by Crippen LogP contribution is -2.34. The Morgan fingerprint density at radius 1 is 1.38 bits per heavy atom. The number of piperidine rings is 1. The predicted octanol–water partition coefficient (Wildman–Crippen LogP) is 2.88. The number of aldehydes is 1. The van der Waals surface area contributed by atoms with Crippen LogP contribution in [-0.2, 0) is 4.79 Å². The van der Waals surface area contributed by atoms with Gasteiger partial charge < -0.3 is 14.6 Å². The molecule has 0 N–H and O–H groups in total. The van der Waals surface area contributed by atoms with Crippen LogP contribution in [0.15, 0.2) is 12.1 Å². The average Bonchev–Trinajstić information content (AvgIpc) is 3.33. The molecule has 3 rings (SSSR count). The number of carbonyl (C=O) groups excluding carboxylic acids is 2. The summed E-state index contributed by atoms with van der Waals surface area (Å²) in [6, 6.07) is 3.64. The second-order valence-corrected chi connectivity index (χ2v) is 7.53. The molecule has 5 nitrogen and oxygen atoms in total. The molecule has 1 aliphatic carbocycles. The Bertz CT molecular complexity index is 627. The van der Waals surface area contributed by atoms with Crippen molar-refractivity contribution in [1.29, 1.82) is 0 Å². The van der Waals surface area contributed by atoms with Crippen molar-refractivity contribution in [3.63, 3.8) is 0 Å². The minimum Gasteiger partial charge on any atom is -0.357 e. The van der Waals surface area contributed by atoms with Crippen LogP contribution in [0.2, 0.25) is 5.15 Å². The van der Waals surface area contributed by atoms with E-state index >= 15 is 0 Å². The van der Waals surface area contributed by atoms with Crippen LogP contribution >= 0.6 is 11.6 Å². The van der Waals surface area contributed by atoms with E-state index in [2.05, 4.69) is 9.88 Å². The number of nitrogens with zero attached hydrogens (tertiary/aromatic N) is 3. The summed E-state index contributed by atoms with van der Waals surface area (Å²) in [6.45, 7) is 1.90. The molecule has 0 unspecified atom stereocenters. The average molecular weight is 350 g/mol. The smallest absolute Gasteiger partial charge is 0.256 e. The molecule has 1 aromatic rings. The van der Waals surface area contributed by atoms with Gasteiger partial charge in [-0.15, -0.1) is 0 Å². The van der Waals surface area contributed by atoms with E-state index in [9.17, 15) is 9.59 Å². The monoisotopic (exact) mass is 349 g/mol. The van der Waals surface area contributed by atoms with E-state index in [1.807, 2.05) is 6.07 Å². The first-order valence-corrected chi connectivity index (χ1v) is 8.95. The topological polar surface area (TPSA) is 53.5 Å². The summed E-state index contributed by atoms with van der Waals surface area (Å²) >= 11 is 6.21. The number of carbonyl (C=O) groups is 2. The van der Waals surface area contributed by atoms with Gasteiger partial charge in [0.2, 0.25) is 0 Å². The third-order valence-electron chi connectivity index (χ3n) is 5.20. The maximum Gasteiger partial charge on any atom is 0.256 e. The lowest BCUT2D eigenvalue weighted by atomic mass is 9.91. The van der Waals surface area contributed by atoms with Gasteiger partial charge >= 0.3 is 0 Å². The van der Waals surface area contributed by atoms with Gasteiger partial charge in [0.1, 0.15) is 17.3 Å². The molecule has 0 radical (unpaired) electrons. The standard InChI is InChI=1S/C18H24ClN3O2/c1-21(2)18(24)15-3-4-16(20-17(15)19)22-7-5-12(6-8-22)9-13-10-14(13)11-23/h3-4,11-14H,5-10H2,1-2H3/t13-,14-/m0/s1. The molecule has 1 amide bonds. The Balaban J connectivity index is 1.57. The van der Waals surface area contributed by atoms with Gasteiger partial charge in [0.15, 0.2) is 0 Å². The maximum absolute atomic E-state index is 12.0. The summed E-state index contributed by atoms with van der Waals surface area (Å²) in [6.07, 6.45) is 5.63. The Morgan fingerprint density at radius 3 is 2.62 bits per heavy atom. The van der Waals surface area contributed by atoms with E-state index in [-0.39, 0.29) is 11.1 Å². The Morgan fingerprint density at radius 2 is 2.08 bits per heavy atom. The van der Waals surface area contributed by atoms with Crippen molar-refractivity contribution in [2.45, 2.75) is 25.7 Å². The van der Waals surface area contributed by atoms with Crippen LogP contribution < -0.4 is 4.90 Å². The highest BCUT2D eigenvalue weighted by atomic mass is 35.5. The highest BCUT2D eigenvalue weighted by Crippen LogP contribution is 2.43. The second-order valence-electron chi connectivity index (χ2n) is 7.17. The number of hydrogen-bond donors (Lipinski definition) is 0. The van der Waals surface area contributed by atoms with Gasteiger partial charge in [-0.2, -0.15) is 0 Å². The summed E-state index contributed by atoms with van der Waals surface area (Å²) in [4.78, 5) is 30.9. The molecule has 2 heterocycles. The third-order valence-corrected chi connectivity index (χ3v) is 5.49. The molecule has 6 heteroatoms. The van der Waals surface area contributed by atoms with Crippen molar-refractivity contribution in [2.24, 2.45) is 17.8 Å². The molecule has 2 fully saturated rings. The van der Waals surface area contributed by atoms with Gasteiger partial charge in [0.25, 0.3) is 5.91 Å². The molecule has 0 bridgehead atoms. The van der Waals surface area contributed by atoms with E-state index in [0.29, 0.717) is 23.3 Å². The van der Waals surface area contributed by atoms with Crippen LogP contribution in [0.25, 0.3) is 0 Å². The molecule has 130 valence electrons. The summed E-state index contributed by atoms with van der Waals surface area (Å²) in [5.41, 5.74) is 0.439. The molecule has 1 saturated heterocycles. The van der Waals surface area contributed by atoms with Crippen molar-refractivity contribution in [2.75, 3.05) is 32.1 Å². The van der Waals surface area contributed by atoms with Gasteiger partial charge in [0.05, 0.1) is 5.56 Å². The second kappa shape index (κ2) is 7.09. The summed E-state index contributed by atoms with van der Waals surface area (Å²) in [5.74, 6) is 2.37. The van der Waals surface area contributed by atoms with Crippen molar-refractivity contribution < 1.29 is 9.59 Å². The largest absolute Gasteiger partial charge is 0.357 e. The Labute approximate surface area is 148 Å². The molecular formula is C18H24ClN3O2. The van der Waals surface area contributed by atoms with E-state index < -0.39 is 0 Å². The van der Waals surface area contributed by atoms with E-state index in [4.69, 9.17) is 11.6 Å². The van der Waals surface area contributed by atoms with Gasteiger partial charge in [-0.3, -0.25) is 4.79 Å². The number of rotatable bonds is 5. The Kier molecular flexibility index (Phi) is 5.09. The zero-order valence-electron chi connectivity index (χ0n) is 14.2. The maximum atomic E-state index is 12.0. The molecule has 1 aliphatic heterocycles. The van der Waals surface area contributed by atoms with Crippen molar-refractivity contribution in [3.05, 3.63) is 22.8 Å². The number of anilines is 1. The quantitative estimate of drug-likeness (QED) is 0.606. The van der Waals surface area contributed by atoms with Crippen LogP contribution in [0.5, 0.6) is 0 Å². The van der Waals surface area contributed by atoms with Crippen LogP contribution in [0.3, 0.4) is 0 Å². The van der Waals surface area contributed by atoms with E-state index in [1.54, 1.807) is 20.2 Å². The van der Waals surface area contributed by atoms with Crippen molar-refractivity contribution in [1.82, 2.24) is 9.88 Å². The summed E-state index contributed by atoms with van der Waals surface area (Å²) in [7, 11) is 3.40. The number of pyridine rings is 1. The fraction of sp³-hybridized carbons (Fsp3) is 0.611. The molecule has 1 aromatic heterocycles. The lowest BCUT2D eigenvalue weighted by Gasteiger charge is -2.33. The molecule has 0 spiro atoms. The fourth-order valence-corrected chi connectivity index (χ4v) is 3.77. The molecular weight excluding hydrogens is 326 g/mol. The zero-order valence-corrected chi connectivity index (χ0v) is 15.0. The number of amides is 1. The number of halogens is 1. The molecule has 1 saturated carbocycles. The van der Waals surface area contributed by atoms with Crippen molar-refractivity contribution in [3.8, 4) is 0 Å². The third kappa shape index (κ3) is 3.72. The van der Waals surface area contributed by atoms with Gasteiger partial charge in [0, 0.05) is 33.1 Å². The summed E-state index contributed by atoms with van der Waals surface area (Å²) in [5, 5.41) is 0.264. The predicted molar refractivity (Wildman–Crippen MR) is 94.5 cm³/mol. The zero-order chi connectivity index (χ0) is 17.3. The lowest BCUT2D eigenvalue weighted by molar-refractivity contribution is -0.109. The molecule has 2 aliphatic rings. The van der Waals surface area contributed by atoms with Gasteiger partial charge in [-0.25, -0.2) is 4.98 Å². The number of hydrogen-bond acceptors (Lipinski definition) is 4. The molecule has 24 heavy (non-hydrogen) atoms. The van der Waals surface area contributed by atoms with Crippen LogP contribution in [0.1, 0.15) is 36.0 Å². The summed E-state index contributed by atoms with van der Waals surface area (Å²) < 4.78 is 0. The Hall–Kier alpha value is -1.62. The minimum absolute atomic E-state index is 0.132. The first kappa shape index (κ1) is 17.2. The van der Waals surface area contributed by atoms with Crippen LogP contribution in [-0.4, -0.2) is 49.3 Å². The first-order valence-electron chi connectivity index (χ1n) is 8.58. The van der Waals surface area contributed by atoms with E-state index in [1.165, 1.54) is 11.3 Å².